The molecular formula is C33H28O5. The summed E-state index contributed by atoms with van der Waals surface area (Å²) in [5.41, 5.74) is 6.27. The molecule has 0 saturated heterocycles. The molecule has 0 aliphatic carbocycles. The number of rotatable bonds is 9. The summed E-state index contributed by atoms with van der Waals surface area (Å²) in [7, 11) is 1.66. The molecule has 0 aliphatic heterocycles. The van der Waals surface area contributed by atoms with Crippen molar-refractivity contribution in [1.29, 1.82) is 0 Å². The first-order valence-electron chi connectivity index (χ1n) is 12.3. The zero-order valence-corrected chi connectivity index (χ0v) is 21.3. The van der Waals surface area contributed by atoms with Crippen LogP contribution in [0.5, 0.6) is 17.2 Å². The number of methoxy groups -OCH3 is 1. The van der Waals surface area contributed by atoms with Gasteiger partial charge in [0.1, 0.15) is 23.9 Å². The molecule has 0 spiro atoms. The fourth-order valence-electron chi connectivity index (χ4n) is 4.44. The number of carboxylic acids is 1. The molecule has 5 aromatic rings. The lowest BCUT2D eigenvalue weighted by molar-refractivity contribution is -0.139. The largest absolute Gasteiger partial charge is 0.497 e. The average molecular weight is 505 g/mol. The Kier molecular flexibility index (Phi) is 7.27. The molecule has 5 rings (SSSR count). The van der Waals surface area contributed by atoms with E-state index in [1.165, 1.54) is 10.8 Å². The molecule has 5 aromatic carbocycles. The van der Waals surface area contributed by atoms with Gasteiger partial charge in [-0.3, -0.25) is 0 Å². The van der Waals surface area contributed by atoms with Gasteiger partial charge in [-0.2, -0.15) is 0 Å². The van der Waals surface area contributed by atoms with Crippen molar-refractivity contribution in [2.75, 3.05) is 13.7 Å². The minimum Gasteiger partial charge on any atom is -0.497 e. The number of carboxylic acid groups (broad SMARTS) is 1. The van der Waals surface area contributed by atoms with Gasteiger partial charge in [0.05, 0.1) is 7.11 Å². The molecule has 0 aromatic heterocycles. The summed E-state index contributed by atoms with van der Waals surface area (Å²) in [6, 6.07) is 34.8. The Hall–Kier alpha value is -4.77. The summed E-state index contributed by atoms with van der Waals surface area (Å²) in [6.45, 7) is 1.86. The topological polar surface area (TPSA) is 65.0 Å². The Labute approximate surface area is 221 Å². The summed E-state index contributed by atoms with van der Waals surface area (Å²) < 4.78 is 16.8. The van der Waals surface area contributed by atoms with Crippen molar-refractivity contribution in [2.45, 2.75) is 13.5 Å². The molecule has 5 nitrogen and oxygen atoms in total. The Bertz CT molecular complexity index is 1590. The molecule has 190 valence electrons. The minimum atomic E-state index is -1.01. The fourth-order valence-corrected chi connectivity index (χ4v) is 4.44. The first kappa shape index (κ1) is 24.9. The van der Waals surface area contributed by atoms with Crippen molar-refractivity contribution in [2.24, 2.45) is 0 Å². The van der Waals surface area contributed by atoms with Gasteiger partial charge in [-0.05, 0) is 106 Å². The van der Waals surface area contributed by atoms with E-state index in [-0.39, 0.29) is 6.61 Å². The third-order valence-electron chi connectivity index (χ3n) is 6.40. The summed E-state index contributed by atoms with van der Waals surface area (Å²) in [5, 5.41) is 11.3. The summed E-state index contributed by atoms with van der Waals surface area (Å²) >= 11 is 0. The van der Waals surface area contributed by atoms with Crippen molar-refractivity contribution in [3.8, 4) is 39.5 Å². The number of aryl methyl sites for hydroxylation is 1. The van der Waals surface area contributed by atoms with E-state index >= 15 is 0 Å². The number of carbonyl (C=O) groups is 1. The molecule has 0 saturated carbocycles. The highest BCUT2D eigenvalue weighted by molar-refractivity contribution is 5.88. The van der Waals surface area contributed by atoms with Gasteiger partial charge in [-0.25, -0.2) is 4.79 Å². The zero-order valence-electron chi connectivity index (χ0n) is 21.3. The van der Waals surface area contributed by atoms with Crippen molar-refractivity contribution in [3.63, 3.8) is 0 Å². The van der Waals surface area contributed by atoms with E-state index in [0.717, 1.165) is 39.1 Å². The molecule has 0 fully saturated rings. The minimum absolute atomic E-state index is 0.374. The van der Waals surface area contributed by atoms with Crippen molar-refractivity contribution in [1.82, 2.24) is 0 Å². The van der Waals surface area contributed by atoms with Gasteiger partial charge in [0.15, 0.2) is 6.61 Å². The maximum absolute atomic E-state index is 10.8. The number of hydrogen-bond donors (Lipinski definition) is 1. The predicted molar refractivity (Wildman–Crippen MR) is 150 cm³/mol. The van der Waals surface area contributed by atoms with E-state index in [1.807, 2.05) is 31.2 Å². The predicted octanol–water partition coefficient (Wildman–Crippen LogP) is 7.53. The Morgan fingerprint density at radius 3 is 2.08 bits per heavy atom. The molecule has 0 unspecified atom stereocenters. The van der Waals surface area contributed by atoms with Crippen LogP contribution in [0.25, 0.3) is 33.0 Å². The monoisotopic (exact) mass is 504 g/mol. The molecular weight excluding hydrogens is 476 g/mol. The van der Waals surface area contributed by atoms with E-state index in [2.05, 4.69) is 66.7 Å². The van der Waals surface area contributed by atoms with Crippen LogP contribution in [-0.4, -0.2) is 24.8 Å². The summed E-state index contributed by atoms with van der Waals surface area (Å²) in [6.07, 6.45) is 0. The van der Waals surface area contributed by atoms with Crippen LogP contribution in [-0.2, 0) is 11.4 Å². The lowest BCUT2D eigenvalue weighted by Crippen LogP contribution is -2.10. The van der Waals surface area contributed by atoms with Crippen LogP contribution < -0.4 is 14.2 Å². The molecule has 38 heavy (non-hydrogen) atoms. The highest BCUT2D eigenvalue weighted by Crippen LogP contribution is 2.32. The Morgan fingerprint density at radius 2 is 1.37 bits per heavy atom. The number of benzene rings is 5. The molecule has 0 heterocycles. The van der Waals surface area contributed by atoms with Gasteiger partial charge >= 0.3 is 5.97 Å². The molecule has 1 N–H and O–H groups in total. The van der Waals surface area contributed by atoms with Crippen molar-refractivity contribution >= 4 is 16.7 Å². The maximum atomic E-state index is 10.8. The second kappa shape index (κ2) is 11.1. The van der Waals surface area contributed by atoms with Crippen molar-refractivity contribution < 1.29 is 24.1 Å². The molecule has 0 bridgehead atoms. The number of fused-ring (bicyclic) bond motifs is 1. The van der Waals surface area contributed by atoms with E-state index in [4.69, 9.17) is 19.3 Å². The quantitative estimate of drug-likeness (QED) is 0.225. The van der Waals surface area contributed by atoms with Gasteiger partial charge in [0.25, 0.3) is 0 Å². The second-order valence-corrected chi connectivity index (χ2v) is 9.11. The lowest BCUT2D eigenvalue weighted by atomic mass is 9.95. The molecule has 5 heteroatoms. The first-order valence-corrected chi connectivity index (χ1v) is 12.3. The summed E-state index contributed by atoms with van der Waals surface area (Å²) in [4.78, 5) is 10.8. The van der Waals surface area contributed by atoms with Crippen LogP contribution >= 0.6 is 0 Å². The number of aliphatic carboxylic acids is 1. The third kappa shape index (κ3) is 5.79. The van der Waals surface area contributed by atoms with E-state index in [0.29, 0.717) is 18.1 Å². The van der Waals surface area contributed by atoms with Gasteiger partial charge in [-0.1, -0.05) is 48.5 Å². The van der Waals surface area contributed by atoms with Gasteiger partial charge in [0, 0.05) is 0 Å². The number of ether oxygens (including phenoxy) is 3. The van der Waals surface area contributed by atoms with E-state index < -0.39 is 5.97 Å². The molecule has 0 radical (unpaired) electrons. The maximum Gasteiger partial charge on any atom is 0.341 e. The van der Waals surface area contributed by atoms with Gasteiger partial charge in [-0.15, -0.1) is 0 Å². The third-order valence-corrected chi connectivity index (χ3v) is 6.40. The van der Waals surface area contributed by atoms with E-state index in [9.17, 15) is 4.79 Å². The lowest BCUT2D eigenvalue weighted by Gasteiger charge is -2.14. The molecule has 0 amide bonds. The van der Waals surface area contributed by atoms with Crippen LogP contribution in [0.15, 0.2) is 103 Å². The standard InChI is InChI=1S/C33H28O5/c1-22-15-31(13-14-32(22)38-21-33(34)35)37-20-23-16-28(25-9-11-30(36-2)12-10-25)19-29(17-23)27-8-7-24-5-3-4-6-26(24)18-27/h3-19H,20-21H2,1-2H3,(H,34,35). The zero-order chi connectivity index (χ0) is 26.5. The highest BCUT2D eigenvalue weighted by atomic mass is 16.5. The fraction of sp³-hybridized carbons (Fsp3) is 0.121. The smallest absolute Gasteiger partial charge is 0.341 e. The normalized spacial score (nSPS) is 10.8. The van der Waals surface area contributed by atoms with Crippen molar-refractivity contribution in [3.05, 3.63) is 114 Å². The molecule has 0 atom stereocenters. The Morgan fingerprint density at radius 1 is 0.684 bits per heavy atom. The highest BCUT2D eigenvalue weighted by Gasteiger charge is 2.09. The van der Waals surface area contributed by atoms with Crippen LogP contribution in [0.2, 0.25) is 0 Å². The Balaban J connectivity index is 1.46. The van der Waals surface area contributed by atoms with E-state index in [1.54, 1.807) is 19.2 Å². The SMILES string of the molecule is COc1ccc(-c2cc(COc3ccc(OCC(=O)O)c(C)c3)cc(-c3ccc4ccccc4c3)c2)cc1. The van der Waals surface area contributed by atoms with Crippen LogP contribution in [0, 0.1) is 6.92 Å². The average Bonchev–Trinajstić information content (AvgIpc) is 2.95. The second-order valence-electron chi connectivity index (χ2n) is 9.11. The number of hydrogen-bond acceptors (Lipinski definition) is 4. The van der Waals surface area contributed by atoms with Crippen LogP contribution in [0.3, 0.4) is 0 Å². The first-order chi connectivity index (χ1) is 18.5. The molecule has 0 aliphatic rings. The van der Waals surface area contributed by atoms with Crippen LogP contribution in [0.4, 0.5) is 0 Å². The van der Waals surface area contributed by atoms with Crippen LogP contribution in [0.1, 0.15) is 11.1 Å². The van der Waals surface area contributed by atoms with Gasteiger partial charge in [0.2, 0.25) is 0 Å². The summed E-state index contributed by atoms with van der Waals surface area (Å²) in [5.74, 6) is 1.02. The van der Waals surface area contributed by atoms with Gasteiger partial charge < -0.3 is 19.3 Å².